The predicted molar refractivity (Wildman–Crippen MR) is 59.7 cm³/mol. The van der Waals surface area contributed by atoms with Gasteiger partial charge in [-0.2, -0.15) is 0 Å². The minimum absolute atomic E-state index is 0.337. The second-order valence-electron chi connectivity index (χ2n) is 4.54. The normalized spacial score (nSPS) is 20.9. The van der Waals surface area contributed by atoms with Crippen LogP contribution in [0, 0.1) is 5.41 Å². The highest BCUT2D eigenvalue weighted by atomic mass is 16.5. The summed E-state index contributed by atoms with van der Waals surface area (Å²) >= 11 is 0. The van der Waals surface area contributed by atoms with Gasteiger partial charge in [0.2, 0.25) is 0 Å². The molecule has 0 saturated carbocycles. The first-order chi connectivity index (χ1) is 7.20. The van der Waals surface area contributed by atoms with Gasteiger partial charge in [0.05, 0.1) is 6.61 Å². The van der Waals surface area contributed by atoms with Crippen LogP contribution in [0.3, 0.4) is 0 Å². The maximum atomic E-state index is 8.17. The van der Waals surface area contributed by atoms with Crippen molar-refractivity contribution in [3.63, 3.8) is 0 Å². The van der Waals surface area contributed by atoms with E-state index in [1.807, 2.05) is 0 Å². The van der Waals surface area contributed by atoms with Crippen LogP contribution in [0.1, 0.15) is 19.8 Å². The van der Waals surface area contributed by atoms with E-state index >= 15 is 0 Å². The van der Waals surface area contributed by atoms with Crippen molar-refractivity contribution in [1.82, 2.24) is 4.90 Å². The van der Waals surface area contributed by atoms with Crippen molar-refractivity contribution >= 4 is 0 Å². The molecule has 1 saturated heterocycles. The maximum Gasteiger partial charge on any atom is 0.0516 e. The van der Waals surface area contributed by atoms with E-state index in [-0.39, 0.29) is 0 Å². The first-order valence-corrected chi connectivity index (χ1v) is 5.42. The number of methoxy groups -OCH3 is 1. The summed E-state index contributed by atoms with van der Waals surface area (Å²) < 4.78 is 5.23. The topological polar surface area (TPSA) is 61.2 Å². The lowest BCUT2D eigenvalue weighted by atomic mass is 9.81. The molecule has 0 bridgehead atoms. The number of hydrogen-bond donors (Lipinski definition) is 0. The Morgan fingerprint density at radius 2 is 2.13 bits per heavy atom. The molecule has 1 fully saturated rings. The Bertz CT molecular complexity index is 230. The van der Waals surface area contributed by atoms with Crippen molar-refractivity contribution in [2.45, 2.75) is 19.8 Å². The number of ether oxygens (including phenoxy) is 1. The molecular weight excluding hydrogens is 192 g/mol. The molecule has 0 spiro atoms. The standard InChI is InChI=1S/C10H20N4O/c1-10(9-15-2)3-6-14(7-4-10)8-5-12-13-11/h3-9H2,1-2H3. The minimum atomic E-state index is 0.337. The zero-order chi connectivity index (χ0) is 11.1. The van der Waals surface area contributed by atoms with Crippen LogP contribution in [0.25, 0.3) is 10.4 Å². The Morgan fingerprint density at radius 3 is 2.67 bits per heavy atom. The van der Waals surface area contributed by atoms with Gasteiger partial charge in [-0.25, -0.2) is 0 Å². The monoisotopic (exact) mass is 212 g/mol. The third-order valence-electron chi connectivity index (χ3n) is 3.14. The Balaban J connectivity index is 2.25. The van der Waals surface area contributed by atoms with Gasteiger partial charge in [0.15, 0.2) is 0 Å². The van der Waals surface area contributed by atoms with Crippen LogP contribution in [0.2, 0.25) is 0 Å². The Labute approximate surface area is 91.0 Å². The van der Waals surface area contributed by atoms with Gasteiger partial charge in [-0.05, 0) is 36.9 Å². The summed E-state index contributed by atoms with van der Waals surface area (Å²) in [6.07, 6.45) is 2.33. The van der Waals surface area contributed by atoms with E-state index in [0.717, 1.165) is 39.1 Å². The zero-order valence-corrected chi connectivity index (χ0v) is 9.65. The van der Waals surface area contributed by atoms with Gasteiger partial charge in [0, 0.05) is 25.1 Å². The summed E-state index contributed by atoms with van der Waals surface area (Å²) in [4.78, 5) is 5.11. The summed E-state index contributed by atoms with van der Waals surface area (Å²) in [5, 5.41) is 3.55. The fourth-order valence-corrected chi connectivity index (χ4v) is 2.04. The highest BCUT2D eigenvalue weighted by Gasteiger charge is 2.29. The largest absolute Gasteiger partial charge is 0.384 e. The molecule has 1 aliphatic heterocycles. The average Bonchev–Trinajstić information content (AvgIpc) is 2.22. The van der Waals surface area contributed by atoms with Crippen LogP contribution in [0.5, 0.6) is 0 Å². The molecule has 5 nitrogen and oxygen atoms in total. The third kappa shape index (κ3) is 4.08. The molecule has 0 aromatic heterocycles. The quantitative estimate of drug-likeness (QED) is 0.398. The van der Waals surface area contributed by atoms with Crippen molar-refractivity contribution in [3.8, 4) is 0 Å². The number of piperidine rings is 1. The van der Waals surface area contributed by atoms with E-state index in [2.05, 4.69) is 21.8 Å². The lowest BCUT2D eigenvalue weighted by Gasteiger charge is -2.38. The molecule has 0 unspecified atom stereocenters. The minimum Gasteiger partial charge on any atom is -0.384 e. The molecule has 1 heterocycles. The van der Waals surface area contributed by atoms with Gasteiger partial charge >= 0.3 is 0 Å². The van der Waals surface area contributed by atoms with Crippen LogP contribution < -0.4 is 0 Å². The van der Waals surface area contributed by atoms with Gasteiger partial charge < -0.3 is 9.64 Å². The van der Waals surface area contributed by atoms with E-state index in [0.29, 0.717) is 12.0 Å². The second kappa shape index (κ2) is 5.95. The zero-order valence-electron chi connectivity index (χ0n) is 9.65. The molecule has 86 valence electrons. The smallest absolute Gasteiger partial charge is 0.0516 e. The summed E-state index contributed by atoms with van der Waals surface area (Å²) in [7, 11) is 1.76. The lowest BCUT2D eigenvalue weighted by molar-refractivity contribution is 0.0354. The Morgan fingerprint density at radius 1 is 1.47 bits per heavy atom. The van der Waals surface area contributed by atoms with Crippen LogP contribution >= 0.6 is 0 Å². The van der Waals surface area contributed by atoms with E-state index < -0.39 is 0 Å². The molecule has 1 rings (SSSR count). The molecule has 0 aromatic carbocycles. The first-order valence-electron chi connectivity index (χ1n) is 5.42. The van der Waals surface area contributed by atoms with Gasteiger partial charge in [-0.1, -0.05) is 12.0 Å². The molecule has 0 atom stereocenters. The molecule has 5 heteroatoms. The number of azide groups is 1. The van der Waals surface area contributed by atoms with Crippen molar-refractivity contribution in [1.29, 1.82) is 0 Å². The van der Waals surface area contributed by atoms with Crippen molar-refractivity contribution in [2.24, 2.45) is 10.5 Å². The summed E-state index contributed by atoms with van der Waals surface area (Å²) in [5.74, 6) is 0. The van der Waals surface area contributed by atoms with Gasteiger partial charge in [0.25, 0.3) is 0 Å². The van der Waals surface area contributed by atoms with E-state index in [4.69, 9.17) is 10.3 Å². The Hall–Kier alpha value is -0.770. The van der Waals surface area contributed by atoms with Crippen LogP contribution in [0.15, 0.2) is 5.11 Å². The van der Waals surface area contributed by atoms with E-state index in [1.165, 1.54) is 0 Å². The van der Waals surface area contributed by atoms with E-state index in [9.17, 15) is 0 Å². The summed E-state index contributed by atoms with van der Waals surface area (Å²) in [6.45, 7) is 6.75. The molecule has 0 aliphatic carbocycles. The number of hydrogen-bond acceptors (Lipinski definition) is 3. The summed E-state index contributed by atoms with van der Waals surface area (Å²) in [6, 6.07) is 0. The summed E-state index contributed by atoms with van der Waals surface area (Å²) in [5.41, 5.74) is 8.51. The molecule has 0 N–H and O–H groups in total. The average molecular weight is 212 g/mol. The lowest BCUT2D eigenvalue weighted by Crippen LogP contribution is -2.41. The fraction of sp³-hybridized carbons (Fsp3) is 1.00. The highest BCUT2D eigenvalue weighted by molar-refractivity contribution is 4.82. The van der Waals surface area contributed by atoms with Gasteiger partial charge in [0.1, 0.15) is 0 Å². The molecular formula is C10H20N4O. The predicted octanol–water partition coefficient (Wildman–Crippen LogP) is 2.05. The van der Waals surface area contributed by atoms with Crippen molar-refractivity contribution in [3.05, 3.63) is 10.4 Å². The SMILES string of the molecule is COCC1(C)CCN(CCN=[N+]=[N-])CC1. The highest BCUT2D eigenvalue weighted by Crippen LogP contribution is 2.30. The van der Waals surface area contributed by atoms with Crippen molar-refractivity contribution < 1.29 is 4.74 Å². The molecule has 0 amide bonds. The van der Waals surface area contributed by atoms with Crippen LogP contribution in [-0.2, 0) is 4.74 Å². The van der Waals surface area contributed by atoms with Gasteiger partial charge in [-0.15, -0.1) is 0 Å². The van der Waals surface area contributed by atoms with Crippen molar-refractivity contribution in [2.75, 3.05) is 39.9 Å². The fourth-order valence-electron chi connectivity index (χ4n) is 2.04. The molecule has 0 radical (unpaired) electrons. The number of likely N-dealkylation sites (tertiary alicyclic amines) is 1. The number of rotatable bonds is 5. The van der Waals surface area contributed by atoms with Gasteiger partial charge in [-0.3, -0.25) is 0 Å². The van der Waals surface area contributed by atoms with E-state index in [1.54, 1.807) is 7.11 Å². The maximum absolute atomic E-state index is 8.17. The second-order valence-corrected chi connectivity index (χ2v) is 4.54. The molecule has 0 aromatic rings. The molecule has 1 aliphatic rings. The third-order valence-corrected chi connectivity index (χ3v) is 3.14. The first kappa shape index (κ1) is 12.3. The number of nitrogens with zero attached hydrogens (tertiary/aromatic N) is 4. The van der Waals surface area contributed by atoms with Crippen LogP contribution in [0.4, 0.5) is 0 Å². The van der Waals surface area contributed by atoms with Crippen LogP contribution in [-0.4, -0.2) is 44.8 Å². The Kier molecular flexibility index (Phi) is 4.88. The molecule has 15 heavy (non-hydrogen) atoms.